The van der Waals surface area contributed by atoms with Crippen LogP contribution in [0, 0.1) is 12.7 Å². The number of halogens is 1. The lowest BCUT2D eigenvalue weighted by Gasteiger charge is -2.41. The molecule has 3 rings (SSSR count). The molecule has 2 N–H and O–H groups in total. The average molecular weight is 335 g/mol. The molecule has 2 fully saturated rings. The maximum absolute atomic E-state index is 13.3. The fourth-order valence-electron chi connectivity index (χ4n) is 3.67. The van der Waals surface area contributed by atoms with Crippen LogP contribution in [0.5, 0.6) is 0 Å². The Bertz CT molecular complexity index is 588. The summed E-state index contributed by atoms with van der Waals surface area (Å²) in [6.07, 6.45) is 3.60. The molecule has 2 saturated heterocycles. The van der Waals surface area contributed by atoms with Crippen molar-refractivity contribution < 1.29 is 14.3 Å². The predicted molar refractivity (Wildman–Crippen MR) is 91.6 cm³/mol. The number of nitrogens with one attached hydrogen (secondary N) is 1. The summed E-state index contributed by atoms with van der Waals surface area (Å²) in [5.74, 6) is -0.266. The van der Waals surface area contributed by atoms with E-state index in [-0.39, 0.29) is 18.0 Å². The van der Waals surface area contributed by atoms with Crippen LogP contribution in [-0.2, 0) is 0 Å². The zero-order valence-electron chi connectivity index (χ0n) is 14.2. The third-order valence-corrected chi connectivity index (χ3v) is 5.11. The van der Waals surface area contributed by atoms with Gasteiger partial charge in [0.2, 0.25) is 0 Å². The molecule has 2 aliphatic rings. The van der Waals surface area contributed by atoms with Crippen LogP contribution in [0.4, 0.5) is 14.9 Å². The molecule has 2 heterocycles. The van der Waals surface area contributed by atoms with Gasteiger partial charge in [0.25, 0.3) is 0 Å². The number of carbonyl (C=O) groups excluding carboxylic acids is 1. The van der Waals surface area contributed by atoms with Gasteiger partial charge >= 0.3 is 6.03 Å². The van der Waals surface area contributed by atoms with Crippen LogP contribution in [0.15, 0.2) is 18.2 Å². The van der Waals surface area contributed by atoms with Gasteiger partial charge in [0.05, 0.1) is 6.10 Å². The molecule has 24 heavy (non-hydrogen) atoms. The van der Waals surface area contributed by atoms with Crippen molar-refractivity contribution in [1.29, 1.82) is 0 Å². The molecule has 132 valence electrons. The van der Waals surface area contributed by atoms with Crippen LogP contribution in [0.25, 0.3) is 0 Å². The number of likely N-dealkylation sites (tertiary alicyclic amines) is 2. The lowest BCUT2D eigenvalue weighted by Crippen LogP contribution is -2.51. The first kappa shape index (κ1) is 17.2. The molecule has 1 aromatic rings. The van der Waals surface area contributed by atoms with Crippen LogP contribution < -0.4 is 5.32 Å². The lowest BCUT2D eigenvalue weighted by molar-refractivity contribution is 0.0298. The zero-order valence-corrected chi connectivity index (χ0v) is 14.2. The molecule has 0 spiro atoms. The molecule has 0 bridgehead atoms. The highest BCUT2D eigenvalue weighted by atomic mass is 19.1. The molecule has 1 atom stereocenters. The monoisotopic (exact) mass is 335 g/mol. The number of hydrogen-bond acceptors (Lipinski definition) is 3. The number of amides is 2. The maximum atomic E-state index is 13.3. The van der Waals surface area contributed by atoms with Crippen molar-refractivity contribution in [2.24, 2.45) is 0 Å². The Morgan fingerprint density at radius 2 is 2.00 bits per heavy atom. The molecule has 0 unspecified atom stereocenters. The van der Waals surface area contributed by atoms with Crippen LogP contribution >= 0.6 is 0 Å². The summed E-state index contributed by atoms with van der Waals surface area (Å²) < 4.78 is 13.3. The van der Waals surface area contributed by atoms with Gasteiger partial charge in [-0.3, -0.25) is 4.90 Å². The van der Waals surface area contributed by atoms with E-state index in [4.69, 9.17) is 0 Å². The predicted octanol–water partition coefficient (Wildman–Crippen LogP) is 2.59. The van der Waals surface area contributed by atoms with E-state index in [1.807, 2.05) is 4.90 Å². The number of aliphatic hydroxyl groups excluding tert-OH is 1. The van der Waals surface area contributed by atoms with Gasteiger partial charge in [0.15, 0.2) is 0 Å². The number of benzene rings is 1. The molecule has 0 radical (unpaired) electrons. The number of aryl methyl sites for hydroxylation is 1. The Morgan fingerprint density at radius 1 is 1.25 bits per heavy atom. The Hall–Kier alpha value is -1.66. The quantitative estimate of drug-likeness (QED) is 0.873. The summed E-state index contributed by atoms with van der Waals surface area (Å²) >= 11 is 0. The third kappa shape index (κ3) is 4.05. The number of β-amino-alcohol motifs (C(OH)–C–C–N with tert-alkyl or cyclic N) is 1. The van der Waals surface area contributed by atoms with E-state index in [1.165, 1.54) is 6.07 Å². The van der Waals surface area contributed by atoms with Gasteiger partial charge in [0, 0.05) is 31.4 Å². The minimum Gasteiger partial charge on any atom is -0.392 e. The first-order chi connectivity index (χ1) is 11.5. The van der Waals surface area contributed by atoms with Gasteiger partial charge in [-0.1, -0.05) is 0 Å². The van der Waals surface area contributed by atoms with Crippen molar-refractivity contribution in [3.05, 3.63) is 29.6 Å². The van der Waals surface area contributed by atoms with E-state index in [1.54, 1.807) is 19.1 Å². The van der Waals surface area contributed by atoms with Crippen LogP contribution in [0.3, 0.4) is 0 Å². The second kappa shape index (κ2) is 7.49. The van der Waals surface area contributed by atoms with Crippen molar-refractivity contribution >= 4 is 11.7 Å². The highest BCUT2D eigenvalue weighted by molar-refractivity contribution is 5.89. The summed E-state index contributed by atoms with van der Waals surface area (Å²) in [6, 6.07) is 4.94. The molecular formula is C18H26FN3O2. The van der Waals surface area contributed by atoms with Gasteiger partial charge in [-0.05, 0) is 62.9 Å². The van der Waals surface area contributed by atoms with Gasteiger partial charge in [-0.25, -0.2) is 9.18 Å². The first-order valence-corrected chi connectivity index (χ1v) is 8.77. The molecule has 5 nitrogen and oxygen atoms in total. The van der Waals surface area contributed by atoms with Crippen molar-refractivity contribution in [3.8, 4) is 0 Å². The zero-order chi connectivity index (χ0) is 17.1. The number of rotatable bonds is 2. The van der Waals surface area contributed by atoms with Gasteiger partial charge < -0.3 is 15.3 Å². The second-order valence-electron chi connectivity index (χ2n) is 6.90. The largest absolute Gasteiger partial charge is 0.392 e. The summed E-state index contributed by atoms with van der Waals surface area (Å²) in [4.78, 5) is 16.5. The van der Waals surface area contributed by atoms with Crippen LogP contribution in [0.1, 0.15) is 31.2 Å². The third-order valence-electron chi connectivity index (χ3n) is 5.11. The Labute approximate surface area is 142 Å². The minimum atomic E-state index is -0.266. The highest BCUT2D eigenvalue weighted by Crippen LogP contribution is 2.22. The number of aliphatic hydroxyl groups is 1. The number of urea groups is 1. The molecule has 1 aromatic carbocycles. The Balaban J connectivity index is 1.50. The fraction of sp³-hybridized carbons (Fsp3) is 0.611. The molecule has 0 aromatic heterocycles. The summed E-state index contributed by atoms with van der Waals surface area (Å²) in [5.41, 5.74) is 1.15. The maximum Gasteiger partial charge on any atom is 0.321 e. The highest BCUT2D eigenvalue weighted by Gasteiger charge is 2.29. The van der Waals surface area contributed by atoms with E-state index in [2.05, 4.69) is 10.2 Å². The number of hydrogen-bond donors (Lipinski definition) is 2. The van der Waals surface area contributed by atoms with E-state index >= 15 is 0 Å². The summed E-state index contributed by atoms with van der Waals surface area (Å²) in [5, 5.41) is 12.7. The average Bonchev–Trinajstić information content (AvgIpc) is 2.58. The van der Waals surface area contributed by atoms with Gasteiger partial charge in [0.1, 0.15) is 5.82 Å². The minimum absolute atomic E-state index is 0.127. The van der Waals surface area contributed by atoms with Gasteiger partial charge in [-0.2, -0.15) is 0 Å². The Morgan fingerprint density at radius 3 is 2.67 bits per heavy atom. The van der Waals surface area contributed by atoms with E-state index in [9.17, 15) is 14.3 Å². The van der Waals surface area contributed by atoms with Crippen molar-refractivity contribution in [2.45, 2.75) is 44.8 Å². The SMILES string of the molecule is Cc1cc(NC(=O)N2CCC(N3CCC[C@@H](O)C3)CC2)ccc1F. The standard InChI is InChI=1S/C18H26FN3O2/c1-13-11-14(4-5-17(13)19)20-18(24)21-9-6-15(7-10-21)22-8-2-3-16(23)12-22/h4-5,11,15-16,23H,2-3,6-10,12H2,1H3,(H,20,24)/t16-/m1/s1. The van der Waals surface area contributed by atoms with E-state index in [0.717, 1.165) is 38.8 Å². The first-order valence-electron chi connectivity index (χ1n) is 8.77. The van der Waals surface area contributed by atoms with Crippen LogP contribution in [-0.4, -0.2) is 59.3 Å². The number of anilines is 1. The smallest absolute Gasteiger partial charge is 0.321 e. The van der Waals surface area contributed by atoms with Crippen molar-refractivity contribution in [3.63, 3.8) is 0 Å². The molecular weight excluding hydrogens is 309 g/mol. The normalized spacial score (nSPS) is 23.3. The second-order valence-corrected chi connectivity index (χ2v) is 6.90. The number of piperidine rings is 2. The number of carbonyl (C=O) groups is 1. The topological polar surface area (TPSA) is 55.8 Å². The van der Waals surface area contributed by atoms with E-state index < -0.39 is 0 Å². The van der Waals surface area contributed by atoms with Crippen molar-refractivity contribution in [2.75, 3.05) is 31.5 Å². The molecule has 2 amide bonds. The Kier molecular flexibility index (Phi) is 5.36. The lowest BCUT2D eigenvalue weighted by atomic mass is 9.99. The molecule has 6 heteroatoms. The molecule has 0 saturated carbocycles. The molecule has 0 aliphatic carbocycles. The molecule has 2 aliphatic heterocycles. The van der Waals surface area contributed by atoms with Crippen LogP contribution in [0.2, 0.25) is 0 Å². The van der Waals surface area contributed by atoms with Crippen molar-refractivity contribution in [1.82, 2.24) is 9.80 Å². The number of nitrogens with zero attached hydrogens (tertiary/aromatic N) is 2. The fourth-order valence-corrected chi connectivity index (χ4v) is 3.67. The van der Waals surface area contributed by atoms with E-state index in [0.29, 0.717) is 30.4 Å². The summed E-state index contributed by atoms with van der Waals surface area (Å²) in [7, 11) is 0. The van der Waals surface area contributed by atoms with Gasteiger partial charge in [-0.15, -0.1) is 0 Å². The summed E-state index contributed by atoms with van der Waals surface area (Å²) in [6.45, 7) is 4.91.